The van der Waals surface area contributed by atoms with Crippen molar-refractivity contribution in [2.75, 3.05) is 7.11 Å². The normalized spacial score (nSPS) is 10.3. The van der Waals surface area contributed by atoms with Crippen molar-refractivity contribution in [3.05, 3.63) is 58.9 Å². The van der Waals surface area contributed by atoms with Crippen LogP contribution in [-0.4, -0.2) is 12.9 Å². The highest BCUT2D eigenvalue weighted by molar-refractivity contribution is 5.94. The minimum atomic E-state index is -0.308. The molecule has 0 spiro atoms. The Kier molecular flexibility index (Phi) is 4.58. The second-order valence-electron chi connectivity index (χ2n) is 4.78. The van der Waals surface area contributed by atoms with Crippen molar-refractivity contribution in [3.8, 4) is 11.5 Å². The molecule has 2 rings (SSSR count). The highest BCUT2D eigenvalue weighted by Crippen LogP contribution is 2.23. The Bertz CT molecular complexity index is 665. The number of halogens is 1. The topological polar surface area (TPSA) is 35.5 Å². The van der Waals surface area contributed by atoms with Crippen LogP contribution in [0.5, 0.6) is 11.5 Å². The van der Waals surface area contributed by atoms with Crippen LogP contribution in [0.25, 0.3) is 0 Å². The van der Waals surface area contributed by atoms with E-state index >= 15 is 0 Å². The standard InChI is InChI=1S/C17H17FO3/c1-11-4-6-15(9-16(11)18)21-10-14-8-13(12(2)19)5-7-17(14)20-3/h4-9H,10H2,1-3H3. The lowest BCUT2D eigenvalue weighted by atomic mass is 10.1. The summed E-state index contributed by atoms with van der Waals surface area (Å²) in [6, 6.07) is 9.87. The van der Waals surface area contributed by atoms with Crippen molar-refractivity contribution in [2.45, 2.75) is 20.5 Å². The number of methoxy groups -OCH3 is 1. The van der Waals surface area contributed by atoms with Crippen molar-refractivity contribution < 1.29 is 18.7 Å². The van der Waals surface area contributed by atoms with E-state index in [4.69, 9.17) is 9.47 Å². The number of Topliss-reactive ketones (excluding diaryl/α,β-unsaturated/α-hetero) is 1. The van der Waals surface area contributed by atoms with Crippen LogP contribution in [-0.2, 0) is 6.61 Å². The molecule has 0 bridgehead atoms. The van der Waals surface area contributed by atoms with Crippen molar-refractivity contribution in [1.29, 1.82) is 0 Å². The number of aryl methyl sites for hydroxylation is 1. The Balaban J connectivity index is 2.19. The van der Waals surface area contributed by atoms with Gasteiger partial charge >= 0.3 is 0 Å². The second kappa shape index (κ2) is 6.39. The van der Waals surface area contributed by atoms with Crippen LogP contribution in [0.4, 0.5) is 4.39 Å². The first-order valence-corrected chi connectivity index (χ1v) is 6.58. The lowest BCUT2D eigenvalue weighted by Gasteiger charge is -2.12. The highest BCUT2D eigenvalue weighted by Gasteiger charge is 2.09. The SMILES string of the molecule is COc1ccc(C(C)=O)cc1COc1ccc(C)c(F)c1. The lowest BCUT2D eigenvalue weighted by Crippen LogP contribution is -2.02. The van der Waals surface area contributed by atoms with Gasteiger partial charge in [0.25, 0.3) is 0 Å². The Labute approximate surface area is 123 Å². The molecule has 0 heterocycles. The average Bonchev–Trinajstić information content (AvgIpc) is 2.48. The smallest absolute Gasteiger partial charge is 0.159 e. The fourth-order valence-corrected chi connectivity index (χ4v) is 1.93. The Morgan fingerprint density at radius 3 is 2.57 bits per heavy atom. The first-order chi connectivity index (χ1) is 10.0. The number of carbonyl (C=O) groups is 1. The zero-order chi connectivity index (χ0) is 15.4. The molecule has 0 aromatic heterocycles. The molecule has 0 N–H and O–H groups in total. The summed E-state index contributed by atoms with van der Waals surface area (Å²) in [7, 11) is 1.55. The molecule has 3 nitrogen and oxygen atoms in total. The van der Waals surface area contributed by atoms with Crippen molar-refractivity contribution in [2.24, 2.45) is 0 Å². The van der Waals surface area contributed by atoms with Gasteiger partial charge in [0, 0.05) is 17.2 Å². The molecule has 0 radical (unpaired) electrons. The maximum absolute atomic E-state index is 13.5. The molecule has 0 fully saturated rings. The van der Waals surface area contributed by atoms with Gasteiger partial charge in [-0.25, -0.2) is 4.39 Å². The van der Waals surface area contributed by atoms with E-state index < -0.39 is 0 Å². The van der Waals surface area contributed by atoms with Gasteiger partial charge < -0.3 is 9.47 Å². The molecular weight excluding hydrogens is 271 g/mol. The van der Waals surface area contributed by atoms with Gasteiger partial charge in [-0.05, 0) is 43.7 Å². The van der Waals surface area contributed by atoms with Gasteiger partial charge in [0.1, 0.15) is 23.9 Å². The monoisotopic (exact) mass is 288 g/mol. The van der Waals surface area contributed by atoms with Gasteiger partial charge in [0.2, 0.25) is 0 Å². The molecule has 0 saturated carbocycles. The molecular formula is C17H17FO3. The van der Waals surface area contributed by atoms with Gasteiger partial charge in [0.05, 0.1) is 7.11 Å². The first-order valence-electron chi connectivity index (χ1n) is 6.58. The van der Waals surface area contributed by atoms with E-state index in [0.29, 0.717) is 22.6 Å². The van der Waals surface area contributed by atoms with E-state index in [1.54, 1.807) is 44.4 Å². The van der Waals surface area contributed by atoms with Crippen LogP contribution in [0.15, 0.2) is 36.4 Å². The summed E-state index contributed by atoms with van der Waals surface area (Å²) in [4.78, 5) is 11.4. The molecule has 0 unspecified atom stereocenters. The van der Waals surface area contributed by atoms with Gasteiger partial charge in [-0.2, -0.15) is 0 Å². The van der Waals surface area contributed by atoms with E-state index in [9.17, 15) is 9.18 Å². The van der Waals surface area contributed by atoms with Gasteiger partial charge in [0.15, 0.2) is 5.78 Å². The third-order valence-corrected chi connectivity index (χ3v) is 3.22. The summed E-state index contributed by atoms with van der Waals surface area (Å²) < 4.78 is 24.3. The molecule has 2 aromatic rings. The van der Waals surface area contributed by atoms with Crippen LogP contribution in [0.3, 0.4) is 0 Å². The van der Waals surface area contributed by atoms with Crippen molar-refractivity contribution in [1.82, 2.24) is 0 Å². The minimum absolute atomic E-state index is 0.0275. The fourth-order valence-electron chi connectivity index (χ4n) is 1.93. The molecule has 0 aliphatic heterocycles. The zero-order valence-corrected chi connectivity index (χ0v) is 12.3. The Morgan fingerprint density at radius 2 is 1.95 bits per heavy atom. The quantitative estimate of drug-likeness (QED) is 0.782. The maximum Gasteiger partial charge on any atom is 0.159 e. The number of ether oxygens (including phenoxy) is 2. The molecule has 21 heavy (non-hydrogen) atoms. The van der Waals surface area contributed by atoms with Crippen LogP contribution in [0, 0.1) is 12.7 Å². The predicted octanol–water partition coefficient (Wildman–Crippen LogP) is 3.92. The molecule has 0 atom stereocenters. The number of ketones is 1. The van der Waals surface area contributed by atoms with Crippen LogP contribution in [0.2, 0.25) is 0 Å². The molecule has 0 aliphatic carbocycles. The van der Waals surface area contributed by atoms with Crippen molar-refractivity contribution >= 4 is 5.78 Å². The van der Waals surface area contributed by atoms with Gasteiger partial charge in [-0.3, -0.25) is 4.79 Å². The van der Waals surface area contributed by atoms with Crippen LogP contribution in [0.1, 0.15) is 28.4 Å². The van der Waals surface area contributed by atoms with Gasteiger partial charge in [-0.15, -0.1) is 0 Å². The minimum Gasteiger partial charge on any atom is -0.496 e. The zero-order valence-electron chi connectivity index (χ0n) is 12.3. The average molecular weight is 288 g/mol. The second-order valence-corrected chi connectivity index (χ2v) is 4.78. The van der Waals surface area contributed by atoms with Gasteiger partial charge in [-0.1, -0.05) is 6.07 Å². The predicted molar refractivity (Wildman–Crippen MR) is 78.5 cm³/mol. The van der Waals surface area contributed by atoms with E-state index in [1.165, 1.54) is 13.0 Å². The molecule has 110 valence electrons. The largest absolute Gasteiger partial charge is 0.496 e. The van der Waals surface area contributed by atoms with E-state index in [0.717, 1.165) is 5.56 Å². The molecule has 2 aromatic carbocycles. The number of hydrogen-bond donors (Lipinski definition) is 0. The Hall–Kier alpha value is -2.36. The number of benzene rings is 2. The molecule has 0 aliphatic rings. The third kappa shape index (κ3) is 3.60. The summed E-state index contributed by atoms with van der Waals surface area (Å²) >= 11 is 0. The lowest BCUT2D eigenvalue weighted by molar-refractivity contribution is 0.101. The fraction of sp³-hybridized carbons (Fsp3) is 0.235. The Morgan fingerprint density at radius 1 is 1.19 bits per heavy atom. The number of hydrogen-bond acceptors (Lipinski definition) is 3. The third-order valence-electron chi connectivity index (χ3n) is 3.22. The van der Waals surface area contributed by atoms with E-state index in [2.05, 4.69) is 0 Å². The summed E-state index contributed by atoms with van der Waals surface area (Å²) in [6.07, 6.45) is 0. The van der Waals surface area contributed by atoms with Crippen molar-refractivity contribution in [3.63, 3.8) is 0 Å². The summed E-state index contributed by atoms with van der Waals surface area (Å²) in [5.74, 6) is 0.734. The van der Waals surface area contributed by atoms with Crippen LogP contribution < -0.4 is 9.47 Å². The summed E-state index contributed by atoms with van der Waals surface area (Å²) in [5, 5.41) is 0. The summed E-state index contributed by atoms with van der Waals surface area (Å²) in [5.41, 5.74) is 1.90. The molecule has 0 amide bonds. The van der Waals surface area contributed by atoms with E-state index in [-0.39, 0.29) is 18.2 Å². The number of rotatable bonds is 5. The number of carbonyl (C=O) groups excluding carboxylic acids is 1. The first kappa shape index (κ1) is 15.0. The molecule has 0 saturated heterocycles. The maximum atomic E-state index is 13.5. The molecule has 4 heteroatoms. The summed E-state index contributed by atoms with van der Waals surface area (Å²) in [6.45, 7) is 3.40. The van der Waals surface area contributed by atoms with Crippen LogP contribution >= 0.6 is 0 Å². The highest BCUT2D eigenvalue weighted by atomic mass is 19.1. The van der Waals surface area contributed by atoms with E-state index in [1.807, 2.05) is 0 Å².